The summed E-state index contributed by atoms with van der Waals surface area (Å²) in [7, 11) is 3.54. The van der Waals surface area contributed by atoms with Crippen molar-refractivity contribution in [2.24, 2.45) is 5.92 Å². The lowest BCUT2D eigenvalue weighted by atomic mass is 10.1. The summed E-state index contributed by atoms with van der Waals surface area (Å²) >= 11 is 0. The van der Waals surface area contributed by atoms with Gasteiger partial charge < -0.3 is 9.64 Å². The highest BCUT2D eigenvalue weighted by molar-refractivity contribution is 5.95. The number of esters is 1. The molecule has 0 aliphatic rings. The van der Waals surface area contributed by atoms with Crippen LogP contribution in [0.2, 0.25) is 0 Å². The third-order valence-corrected chi connectivity index (χ3v) is 1.50. The minimum Gasteiger partial charge on any atom is -0.421 e. The molecule has 0 aliphatic heterocycles. The summed E-state index contributed by atoms with van der Waals surface area (Å²) in [4.78, 5) is 24.1. The number of rotatable bonds is 5. The van der Waals surface area contributed by atoms with E-state index in [9.17, 15) is 9.59 Å². The van der Waals surface area contributed by atoms with Crippen LogP contribution < -0.4 is 0 Å². The number of carbonyl (C=O) groups excluding carboxylic acids is 2. The van der Waals surface area contributed by atoms with Crippen molar-refractivity contribution in [1.29, 1.82) is 0 Å². The monoisotopic (exact) mass is 213 g/mol. The molecule has 0 aromatic heterocycles. The molecule has 0 radical (unpaired) electrons. The molecule has 0 heterocycles. The first-order chi connectivity index (χ1) is 6.82. The second-order valence-corrected chi connectivity index (χ2v) is 4.07. The zero-order valence-electron chi connectivity index (χ0n) is 10.0. The predicted molar refractivity (Wildman–Crippen MR) is 58.0 cm³/mol. The van der Waals surface area contributed by atoms with E-state index >= 15 is 0 Å². The van der Waals surface area contributed by atoms with Gasteiger partial charge in [-0.1, -0.05) is 13.8 Å². The molecule has 0 amide bonds. The maximum Gasteiger partial charge on any atom is 0.308 e. The molecular weight excluding hydrogens is 194 g/mol. The first-order valence-electron chi connectivity index (χ1n) is 4.92. The van der Waals surface area contributed by atoms with Crippen LogP contribution in [0.15, 0.2) is 12.0 Å². The fraction of sp³-hybridized carbons (Fsp3) is 0.636. The van der Waals surface area contributed by atoms with Crippen molar-refractivity contribution < 1.29 is 14.3 Å². The zero-order valence-corrected chi connectivity index (χ0v) is 10.0. The van der Waals surface area contributed by atoms with Gasteiger partial charge in [0.25, 0.3) is 0 Å². The van der Waals surface area contributed by atoms with Crippen molar-refractivity contribution in [1.82, 2.24) is 4.90 Å². The first-order valence-corrected chi connectivity index (χ1v) is 4.92. The summed E-state index contributed by atoms with van der Waals surface area (Å²) in [5.74, 6) is -0.256. The highest BCUT2D eigenvalue weighted by Crippen LogP contribution is 2.09. The van der Waals surface area contributed by atoms with Crippen LogP contribution in [0.1, 0.15) is 27.2 Å². The highest BCUT2D eigenvalue weighted by atomic mass is 16.5. The molecule has 0 bridgehead atoms. The maximum absolute atomic E-state index is 11.7. The minimum absolute atomic E-state index is 0.112. The normalized spacial score (nSPS) is 11.5. The van der Waals surface area contributed by atoms with Crippen LogP contribution in [0.5, 0.6) is 0 Å². The summed E-state index contributed by atoms with van der Waals surface area (Å²) in [6, 6.07) is 0. The van der Waals surface area contributed by atoms with Crippen LogP contribution in [-0.2, 0) is 14.3 Å². The van der Waals surface area contributed by atoms with Crippen molar-refractivity contribution in [2.75, 3.05) is 14.1 Å². The molecule has 4 nitrogen and oxygen atoms in total. The fourth-order valence-electron chi connectivity index (χ4n) is 1.02. The highest BCUT2D eigenvalue weighted by Gasteiger charge is 2.15. The summed E-state index contributed by atoms with van der Waals surface area (Å²) < 4.78 is 4.85. The van der Waals surface area contributed by atoms with Gasteiger partial charge in [0.05, 0.1) is 0 Å². The van der Waals surface area contributed by atoms with E-state index in [1.165, 1.54) is 13.1 Å². The Labute approximate surface area is 90.9 Å². The van der Waals surface area contributed by atoms with Gasteiger partial charge in [-0.2, -0.15) is 0 Å². The Kier molecular flexibility index (Phi) is 5.67. The van der Waals surface area contributed by atoms with Crippen LogP contribution in [0, 0.1) is 5.92 Å². The van der Waals surface area contributed by atoms with Gasteiger partial charge >= 0.3 is 5.97 Å². The molecule has 0 saturated heterocycles. The average molecular weight is 213 g/mol. The van der Waals surface area contributed by atoms with Crippen molar-refractivity contribution in [3.8, 4) is 0 Å². The number of ether oxygens (including phenoxy) is 1. The Morgan fingerprint density at radius 1 is 1.33 bits per heavy atom. The lowest BCUT2D eigenvalue weighted by molar-refractivity contribution is -0.140. The Morgan fingerprint density at radius 2 is 1.87 bits per heavy atom. The van der Waals surface area contributed by atoms with Crippen LogP contribution in [0.4, 0.5) is 0 Å². The quantitative estimate of drug-likeness (QED) is 0.395. The molecule has 0 N–H and O–H groups in total. The second kappa shape index (κ2) is 6.22. The SMILES string of the molecule is CC(=O)O/C(=C\N(C)C)C(=O)CC(C)C. The topological polar surface area (TPSA) is 46.6 Å². The molecule has 0 aliphatic carbocycles. The number of hydrogen-bond acceptors (Lipinski definition) is 4. The van der Waals surface area contributed by atoms with Gasteiger partial charge in [-0.25, -0.2) is 0 Å². The molecule has 0 unspecified atom stereocenters. The Morgan fingerprint density at radius 3 is 2.20 bits per heavy atom. The summed E-state index contributed by atoms with van der Waals surface area (Å²) in [6.07, 6.45) is 1.90. The van der Waals surface area contributed by atoms with Crippen molar-refractivity contribution in [3.63, 3.8) is 0 Å². The Bertz CT molecular complexity index is 267. The molecular formula is C11H19NO3. The molecule has 15 heavy (non-hydrogen) atoms. The molecule has 0 aromatic carbocycles. The molecule has 0 aromatic rings. The van der Waals surface area contributed by atoms with E-state index in [0.29, 0.717) is 6.42 Å². The van der Waals surface area contributed by atoms with Gasteiger partial charge in [0.1, 0.15) is 0 Å². The maximum atomic E-state index is 11.7. The Balaban J connectivity index is 4.63. The van der Waals surface area contributed by atoms with Crippen molar-refractivity contribution >= 4 is 11.8 Å². The standard InChI is InChI=1S/C11H19NO3/c1-8(2)6-10(14)11(7-12(4)5)15-9(3)13/h7-8H,6H2,1-5H3/b11-7-. The number of Topliss-reactive ketones (excluding diaryl/α,β-unsaturated/α-hetero) is 1. The van der Waals surface area contributed by atoms with Crippen LogP contribution >= 0.6 is 0 Å². The Hall–Kier alpha value is -1.32. The first kappa shape index (κ1) is 13.7. The van der Waals surface area contributed by atoms with Crippen LogP contribution in [-0.4, -0.2) is 30.7 Å². The fourth-order valence-corrected chi connectivity index (χ4v) is 1.02. The molecule has 4 heteroatoms. The number of hydrogen-bond donors (Lipinski definition) is 0. The molecule has 0 atom stereocenters. The van der Waals surface area contributed by atoms with Gasteiger partial charge in [0.15, 0.2) is 11.5 Å². The van der Waals surface area contributed by atoms with E-state index in [1.807, 2.05) is 13.8 Å². The summed E-state index contributed by atoms with van der Waals surface area (Å²) in [6.45, 7) is 5.17. The van der Waals surface area contributed by atoms with Gasteiger partial charge in [-0.05, 0) is 5.92 Å². The molecule has 0 saturated carbocycles. The van der Waals surface area contributed by atoms with Gasteiger partial charge in [0.2, 0.25) is 0 Å². The van der Waals surface area contributed by atoms with Crippen LogP contribution in [0.3, 0.4) is 0 Å². The molecule has 0 spiro atoms. The number of allylic oxidation sites excluding steroid dienone is 1. The molecule has 0 rings (SSSR count). The third kappa shape index (κ3) is 6.71. The van der Waals surface area contributed by atoms with Gasteiger partial charge in [-0.15, -0.1) is 0 Å². The lowest BCUT2D eigenvalue weighted by Gasteiger charge is -2.11. The van der Waals surface area contributed by atoms with E-state index in [2.05, 4.69) is 0 Å². The van der Waals surface area contributed by atoms with E-state index < -0.39 is 5.97 Å². The lowest BCUT2D eigenvalue weighted by Crippen LogP contribution is -2.15. The van der Waals surface area contributed by atoms with Crippen LogP contribution in [0.25, 0.3) is 0 Å². The molecule has 0 fully saturated rings. The second-order valence-electron chi connectivity index (χ2n) is 4.07. The average Bonchev–Trinajstić information content (AvgIpc) is 1.99. The number of carbonyl (C=O) groups is 2. The number of nitrogens with zero attached hydrogens (tertiary/aromatic N) is 1. The van der Waals surface area contributed by atoms with E-state index in [0.717, 1.165) is 0 Å². The van der Waals surface area contributed by atoms with Gasteiger partial charge in [0, 0.05) is 33.6 Å². The van der Waals surface area contributed by atoms with Gasteiger partial charge in [-0.3, -0.25) is 9.59 Å². The predicted octanol–water partition coefficient (Wildman–Crippen LogP) is 1.57. The van der Waals surface area contributed by atoms with E-state index in [-0.39, 0.29) is 17.5 Å². The largest absolute Gasteiger partial charge is 0.421 e. The number of ketones is 1. The summed E-state index contributed by atoms with van der Waals surface area (Å²) in [5, 5.41) is 0. The zero-order chi connectivity index (χ0) is 12.0. The molecule has 86 valence electrons. The summed E-state index contributed by atoms with van der Waals surface area (Å²) in [5.41, 5.74) is 0. The minimum atomic E-state index is -0.472. The van der Waals surface area contributed by atoms with Crippen molar-refractivity contribution in [3.05, 3.63) is 12.0 Å². The smallest absolute Gasteiger partial charge is 0.308 e. The van der Waals surface area contributed by atoms with Crippen molar-refractivity contribution in [2.45, 2.75) is 27.2 Å². The van der Waals surface area contributed by atoms with E-state index in [1.54, 1.807) is 19.0 Å². The van der Waals surface area contributed by atoms with E-state index in [4.69, 9.17) is 4.74 Å². The third-order valence-electron chi connectivity index (χ3n) is 1.50.